The molecule has 0 spiro atoms. The third-order valence-electron chi connectivity index (χ3n) is 0.0714. The van der Waals surface area contributed by atoms with E-state index in [2.05, 4.69) is 0 Å². The predicted octanol–water partition coefficient (Wildman–Crippen LogP) is 1.37. The summed E-state index contributed by atoms with van der Waals surface area (Å²) in [5, 5.41) is 0. The SMILES string of the molecule is [Cl][Hg][Hg][Cl].[Hg]. The second-order valence-electron chi connectivity index (χ2n) is 0.378. The predicted molar refractivity (Wildman–Crippen MR) is 11.7 cm³/mol. The molecule has 20 valence electrons. The van der Waals surface area contributed by atoms with E-state index in [0.29, 0.717) is 0 Å². The van der Waals surface area contributed by atoms with Crippen molar-refractivity contribution >= 4 is 16.5 Å². The van der Waals surface area contributed by atoms with E-state index >= 15 is 0 Å². The number of hydrogen-bond acceptors (Lipinski definition) is 0. The molecular formula is Cl2Hg3. The Hall–Kier alpha value is 3.39. The normalized spacial score (nSPS) is 2.80. The summed E-state index contributed by atoms with van der Waals surface area (Å²) >= 11 is -1.31. The summed E-state index contributed by atoms with van der Waals surface area (Å²) < 4.78 is 0. The second kappa shape index (κ2) is 10.4. The van der Waals surface area contributed by atoms with E-state index in [1.165, 1.54) is 0 Å². The Morgan fingerprint density at radius 3 is 1.20 bits per heavy atom. The minimum atomic E-state index is -0.653. The van der Waals surface area contributed by atoms with Gasteiger partial charge < -0.3 is 0 Å². The van der Waals surface area contributed by atoms with Crippen molar-refractivity contribution in [3.8, 4) is 0 Å². The zero-order chi connectivity index (χ0) is 3.41. The fourth-order valence-corrected chi connectivity index (χ4v) is 0. The van der Waals surface area contributed by atoms with Gasteiger partial charge >= 0.3 is 52.5 Å². The summed E-state index contributed by atoms with van der Waals surface area (Å²) in [5.41, 5.74) is 0. The van der Waals surface area contributed by atoms with Crippen LogP contribution >= 0.6 is 16.5 Å². The first-order valence-corrected chi connectivity index (χ1v) is 52.6. The number of halogens is 2. The van der Waals surface area contributed by atoms with Crippen molar-refractivity contribution < 1.29 is 63.6 Å². The van der Waals surface area contributed by atoms with E-state index in [-0.39, 0.29) is 27.7 Å². The quantitative estimate of drug-likeness (QED) is 0.370. The Labute approximate surface area is 77.9 Å². The van der Waals surface area contributed by atoms with Gasteiger partial charge in [0.25, 0.3) is 0 Å². The van der Waals surface area contributed by atoms with Crippen LogP contribution in [0.3, 0.4) is 0 Å². The molecule has 0 unspecified atom stereocenters. The van der Waals surface area contributed by atoms with Crippen LogP contribution in [0, 0.1) is 0 Å². The molecule has 0 aromatic heterocycles. The van der Waals surface area contributed by atoms with Gasteiger partial charge in [-0.05, 0) is 0 Å². The van der Waals surface area contributed by atoms with Crippen molar-refractivity contribution in [1.82, 2.24) is 0 Å². The van der Waals surface area contributed by atoms with Crippen molar-refractivity contribution in [2.45, 2.75) is 0 Å². The molecule has 0 aromatic rings. The van der Waals surface area contributed by atoms with E-state index in [0.717, 1.165) is 0 Å². The van der Waals surface area contributed by atoms with Gasteiger partial charge in [-0.15, -0.1) is 0 Å². The zero-order valence-corrected chi connectivity index (χ0v) is 20.9. The third kappa shape index (κ3) is 11.1. The second-order valence-corrected chi connectivity index (χ2v) is 87.3. The molecule has 0 rings (SSSR count). The Morgan fingerprint density at radius 1 is 1.00 bits per heavy atom. The van der Waals surface area contributed by atoms with Crippen molar-refractivity contribution in [2.24, 2.45) is 0 Å². The van der Waals surface area contributed by atoms with Crippen LogP contribution in [0.2, 0.25) is 0 Å². The maximum atomic E-state index is 5.38. The van der Waals surface area contributed by atoms with Gasteiger partial charge in [0.1, 0.15) is 0 Å². The summed E-state index contributed by atoms with van der Waals surface area (Å²) in [6.07, 6.45) is 0. The van der Waals surface area contributed by atoms with Crippen LogP contribution in [0.4, 0.5) is 0 Å². The van der Waals surface area contributed by atoms with Crippen LogP contribution in [0.5, 0.6) is 0 Å². The molecule has 0 N–H and O–H groups in total. The van der Waals surface area contributed by atoms with Crippen LogP contribution < -0.4 is 0 Å². The Kier molecular flexibility index (Phi) is 23.3. The van der Waals surface area contributed by atoms with Gasteiger partial charge in [0.2, 0.25) is 0 Å². The van der Waals surface area contributed by atoms with Gasteiger partial charge in [-0.2, -0.15) is 0 Å². The maximum absolute atomic E-state index is 5.38. The standard InChI is InChI=1S/2ClH.3Hg/h2*1H;;;/q;;;2*+1/p-2. The summed E-state index contributed by atoms with van der Waals surface area (Å²) in [7, 11) is 10.8. The summed E-state index contributed by atoms with van der Waals surface area (Å²) in [4.78, 5) is 0. The topological polar surface area (TPSA) is 0 Å². The Morgan fingerprint density at radius 2 is 1.20 bits per heavy atom. The Balaban J connectivity index is 0. The van der Waals surface area contributed by atoms with Crippen molar-refractivity contribution in [1.29, 1.82) is 0 Å². The van der Waals surface area contributed by atoms with Crippen molar-refractivity contribution in [2.75, 3.05) is 0 Å². The summed E-state index contributed by atoms with van der Waals surface area (Å²) in [6.45, 7) is 0. The molecule has 0 aliphatic carbocycles. The number of rotatable bonds is 1. The van der Waals surface area contributed by atoms with Crippen LogP contribution in [0.25, 0.3) is 0 Å². The third-order valence-corrected chi connectivity index (χ3v) is 49.5. The van der Waals surface area contributed by atoms with Gasteiger partial charge in [0, 0.05) is 27.7 Å². The number of hydrogen-bond donors (Lipinski definition) is 0. The largest absolute Gasteiger partial charge is 0 e. The fourth-order valence-electron chi connectivity index (χ4n) is 0. The minimum Gasteiger partial charge on any atom is 0 e. The molecule has 0 bridgehead atoms. The molecule has 0 radical (unpaired) electrons. The smallest absolute Gasteiger partial charge is 0 e. The summed E-state index contributed by atoms with van der Waals surface area (Å²) in [5.74, 6) is 0. The molecule has 5 heavy (non-hydrogen) atoms. The molecule has 0 heterocycles. The van der Waals surface area contributed by atoms with Gasteiger partial charge in [0.05, 0.1) is 0 Å². The molecule has 0 aliphatic heterocycles. The molecule has 0 aromatic carbocycles. The molecule has 0 nitrogen and oxygen atoms in total. The van der Waals surface area contributed by atoms with Gasteiger partial charge in [0.15, 0.2) is 0 Å². The molecule has 0 amide bonds. The van der Waals surface area contributed by atoms with Crippen LogP contribution in [0.1, 0.15) is 0 Å². The molecule has 0 fully saturated rings. The molecular weight excluding hydrogens is 673 g/mol. The van der Waals surface area contributed by atoms with E-state index in [4.69, 9.17) is 16.5 Å². The minimum absolute atomic E-state index is 0. The first kappa shape index (κ1) is 11.2. The van der Waals surface area contributed by atoms with Crippen molar-refractivity contribution in [3.63, 3.8) is 0 Å². The van der Waals surface area contributed by atoms with E-state index in [1.54, 1.807) is 0 Å². The molecule has 5 heteroatoms. The zero-order valence-electron chi connectivity index (χ0n) is 2.88. The van der Waals surface area contributed by atoms with Crippen LogP contribution in [-0.2, 0) is 63.6 Å². The van der Waals surface area contributed by atoms with E-state index < -0.39 is 36.0 Å². The van der Waals surface area contributed by atoms with Gasteiger partial charge in [-0.1, -0.05) is 0 Å². The monoisotopic (exact) mass is 676 g/mol. The van der Waals surface area contributed by atoms with Crippen LogP contribution in [-0.4, -0.2) is 0 Å². The molecule has 0 saturated carbocycles. The van der Waals surface area contributed by atoms with Crippen LogP contribution in [0.15, 0.2) is 0 Å². The summed E-state index contributed by atoms with van der Waals surface area (Å²) in [6, 6.07) is 0. The van der Waals surface area contributed by atoms with Gasteiger partial charge in [-0.3, -0.25) is 0 Å². The molecule has 0 aliphatic rings. The van der Waals surface area contributed by atoms with E-state index in [1.807, 2.05) is 0 Å². The average molecular weight is 673 g/mol. The maximum Gasteiger partial charge on any atom is 0 e. The Bertz CT molecular complexity index is 6.85. The molecule has 0 atom stereocenters. The first-order chi connectivity index (χ1) is 1.91. The van der Waals surface area contributed by atoms with E-state index in [9.17, 15) is 0 Å². The first-order valence-electron chi connectivity index (χ1n) is 1.03. The molecule has 0 saturated heterocycles. The van der Waals surface area contributed by atoms with Gasteiger partial charge in [-0.25, -0.2) is 0 Å². The van der Waals surface area contributed by atoms with Crippen molar-refractivity contribution in [3.05, 3.63) is 0 Å². The average Bonchev–Trinajstić information content (AvgIpc) is 1.37. The fraction of sp³-hybridized carbons (Fsp3) is 0.